The highest BCUT2D eigenvalue weighted by Crippen LogP contribution is 2.15. The molecule has 0 unspecified atom stereocenters. The molecule has 2 aromatic rings. The van der Waals surface area contributed by atoms with E-state index in [0.717, 1.165) is 17.0 Å². The van der Waals surface area contributed by atoms with Crippen molar-refractivity contribution in [2.24, 2.45) is 5.10 Å². The van der Waals surface area contributed by atoms with Gasteiger partial charge in [-0.2, -0.15) is 10.2 Å². The Morgan fingerprint density at radius 1 is 1.43 bits per heavy atom. The maximum Gasteiger partial charge on any atom is 0.285 e. The van der Waals surface area contributed by atoms with Crippen LogP contribution in [0.25, 0.3) is 0 Å². The van der Waals surface area contributed by atoms with E-state index in [9.17, 15) is 4.79 Å². The first-order valence-electron chi connectivity index (χ1n) is 6.25. The quantitative estimate of drug-likeness (QED) is 0.657. The number of H-pyrrole nitrogens is 1. The van der Waals surface area contributed by atoms with Gasteiger partial charge in [0.15, 0.2) is 0 Å². The predicted molar refractivity (Wildman–Crippen MR) is 83.3 cm³/mol. The molecule has 2 N–H and O–H groups in total. The molecule has 0 saturated carbocycles. The van der Waals surface area contributed by atoms with E-state index in [1.165, 1.54) is 6.20 Å². The maximum atomic E-state index is 11.3. The van der Waals surface area contributed by atoms with Gasteiger partial charge in [-0.05, 0) is 24.6 Å². The molecule has 110 valence electrons. The lowest BCUT2D eigenvalue weighted by atomic mass is 10.1. The van der Waals surface area contributed by atoms with Gasteiger partial charge in [0, 0.05) is 12.1 Å². The molecule has 1 aromatic heterocycles. The van der Waals surface area contributed by atoms with Crippen molar-refractivity contribution < 1.29 is 4.74 Å². The molecule has 1 aromatic carbocycles. The number of nitrogens with one attached hydrogen (secondary N) is 2. The standard InChI is InChI=1S/C14H15ClN4O2/c1-9(7-10-3-5-11(21-2)6-4-10)17-18-12-8-16-19-14(20)13(12)15/h3-6,8H,7H2,1-2H3,(H2,18,19,20)/b17-9-. The van der Waals surface area contributed by atoms with Gasteiger partial charge in [0.25, 0.3) is 5.56 Å². The fourth-order valence-corrected chi connectivity index (χ4v) is 1.83. The fraction of sp³-hybridized carbons (Fsp3) is 0.214. The van der Waals surface area contributed by atoms with E-state index in [2.05, 4.69) is 20.7 Å². The van der Waals surface area contributed by atoms with Crippen molar-refractivity contribution >= 4 is 23.0 Å². The summed E-state index contributed by atoms with van der Waals surface area (Å²) in [6.07, 6.45) is 2.08. The highest BCUT2D eigenvalue weighted by molar-refractivity contribution is 6.32. The Bertz CT molecular complexity index is 695. The van der Waals surface area contributed by atoms with Gasteiger partial charge in [0.1, 0.15) is 16.5 Å². The highest BCUT2D eigenvalue weighted by Gasteiger charge is 2.04. The van der Waals surface area contributed by atoms with Gasteiger partial charge in [0.2, 0.25) is 0 Å². The van der Waals surface area contributed by atoms with E-state index in [4.69, 9.17) is 16.3 Å². The van der Waals surface area contributed by atoms with Crippen LogP contribution in [0.5, 0.6) is 5.75 Å². The second-order valence-corrected chi connectivity index (χ2v) is 4.79. The van der Waals surface area contributed by atoms with E-state index in [0.29, 0.717) is 12.1 Å². The molecule has 0 bridgehead atoms. The van der Waals surface area contributed by atoms with Crippen LogP contribution in [0.3, 0.4) is 0 Å². The molecule has 7 heteroatoms. The van der Waals surface area contributed by atoms with E-state index >= 15 is 0 Å². The van der Waals surface area contributed by atoms with E-state index in [1.807, 2.05) is 31.2 Å². The molecular formula is C14H15ClN4O2. The van der Waals surface area contributed by atoms with Crippen molar-refractivity contribution in [3.05, 3.63) is 51.4 Å². The number of ether oxygens (including phenoxy) is 1. The third-order valence-electron chi connectivity index (χ3n) is 2.78. The number of halogens is 1. The molecule has 0 aliphatic heterocycles. The Kier molecular flexibility index (Phi) is 4.94. The topological polar surface area (TPSA) is 79.4 Å². The van der Waals surface area contributed by atoms with Crippen LogP contribution in [0.15, 0.2) is 40.4 Å². The van der Waals surface area contributed by atoms with Crippen molar-refractivity contribution in [2.75, 3.05) is 12.5 Å². The zero-order valence-electron chi connectivity index (χ0n) is 11.7. The molecule has 1 heterocycles. The second kappa shape index (κ2) is 6.90. The minimum absolute atomic E-state index is 0.0333. The Balaban J connectivity index is 2.03. The lowest BCUT2D eigenvalue weighted by molar-refractivity contribution is 0.414. The molecule has 0 fully saturated rings. The summed E-state index contributed by atoms with van der Waals surface area (Å²) in [5.74, 6) is 0.813. The van der Waals surface area contributed by atoms with Gasteiger partial charge in [-0.15, -0.1) is 0 Å². The summed E-state index contributed by atoms with van der Waals surface area (Å²) in [5, 5.41) is 10.1. The summed E-state index contributed by atoms with van der Waals surface area (Å²) in [6.45, 7) is 1.88. The number of nitrogens with zero attached hydrogens (tertiary/aromatic N) is 2. The molecule has 0 aliphatic carbocycles. The first-order valence-corrected chi connectivity index (χ1v) is 6.63. The van der Waals surface area contributed by atoms with Crippen molar-refractivity contribution in [3.63, 3.8) is 0 Å². The Labute approximate surface area is 126 Å². The number of benzene rings is 1. The van der Waals surface area contributed by atoms with Crippen molar-refractivity contribution in [3.8, 4) is 5.75 Å². The first kappa shape index (κ1) is 15.1. The number of hydrogen-bond acceptors (Lipinski definition) is 5. The summed E-state index contributed by atoms with van der Waals surface area (Å²) in [7, 11) is 1.63. The largest absolute Gasteiger partial charge is 0.497 e. The third-order valence-corrected chi connectivity index (χ3v) is 3.16. The van der Waals surface area contributed by atoms with Gasteiger partial charge in [0.05, 0.1) is 13.3 Å². The van der Waals surface area contributed by atoms with Crippen molar-refractivity contribution in [2.45, 2.75) is 13.3 Å². The lowest BCUT2D eigenvalue weighted by Crippen LogP contribution is -2.11. The lowest BCUT2D eigenvalue weighted by Gasteiger charge is -2.05. The average Bonchev–Trinajstić information content (AvgIpc) is 2.49. The summed E-state index contributed by atoms with van der Waals surface area (Å²) in [6, 6.07) is 7.74. The van der Waals surface area contributed by atoms with Gasteiger partial charge < -0.3 is 4.74 Å². The van der Waals surface area contributed by atoms with Crippen LogP contribution < -0.4 is 15.7 Å². The van der Waals surface area contributed by atoms with Gasteiger partial charge in [-0.3, -0.25) is 10.2 Å². The summed E-state index contributed by atoms with van der Waals surface area (Å²) in [5.41, 5.74) is 4.61. The molecular weight excluding hydrogens is 292 g/mol. The average molecular weight is 307 g/mol. The monoisotopic (exact) mass is 306 g/mol. The number of rotatable bonds is 5. The Morgan fingerprint density at radius 3 is 2.81 bits per heavy atom. The van der Waals surface area contributed by atoms with E-state index in [1.54, 1.807) is 7.11 Å². The molecule has 0 radical (unpaired) electrons. The minimum atomic E-state index is -0.454. The zero-order valence-corrected chi connectivity index (χ0v) is 12.4. The smallest absolute Gasteiger partial charge is 0.285 e. The van der Waals surface area contributed by atoms with Crippen LogP contribution in [-0.2, 0) is 6.42 Å². The molecule has 0 atom stereocenters. The number of aromatic nitrogens is 2. The van der Waals surface area contributed by atoms with Crippen LogP contribution in [-0.4, -0.2) is 23.0 Å². The Hall–Kier alpha value is -2.34. The van der Waals surface area contributed by atoms with Gasteiger partial charge in [-0.1, -0.05) is 23.7 Å². The van der Waals surface area contributed by atoms with Crippen molar-refractivity contribution in [1.82, 2.24) is 10.2 Å². The molecule has 0 amide bonds. The minimum Gasteiger partial charge on any atom is -0.497 e. The first-order chi connectivity index (χ1) is 10.1. The summed E-state index contributed by atoms with van der Waals surface area (Å²) >= 11 is 5.84. The second-order valence-electron chi connectivity index (χ2n) is 4.41. The van der Waals surface area contributed by atoms with Crippen LogP contribution in [0.1, 0.15) is 12.5 Å². The molecule has 6 nitrogen and oxygen atoms in total. The molecule has 0 aliphatic rings. The van der Waals surface area contributed by atoms with Gasteiger partial charge in [-0.25, -0.2) is 5.10 Å². The number of anilines is 1. The van der Waals surface area contributed by atoms with Crippen LogP contribution >= 0.6 is 11.6 Å². The van der Waals surface area contributed by atoms with Gasteiger partial charge >= 0.3 is 0 Å². The van der Waals surface area contributed by atoms with Crippen LogP contribution in [0.2, 0.25) is 5.02 Å². The Morgan fingerprint density at radius 2 is 2.14 bits per heavy atom. The number of aromatic amines is 1. The number of methoxy groups -OCH3 is 1. The number of hydrazone groups is 1. The molecule has 2 rings (SSSR count). The maximum absolute atomic E-state index is 11.3. The molecule has 21 heavy (non-hydrogen) atoms. The normalized spacial score (nSPS) is 11.3. The summed E-state index contributed by atoms with van der Waals surface area (Å²) in [4.78, 5) is 11.3. The van der Waals surface area contributed by atoms with E-state index in [-0.39, 0.29) is 5.02 Å². The van der Waals surface area contributed by atoms with E-state index < -0.39 is 5.56 Å². The fourth-order valence-electron chi connectivity index (χ4n) is 1.70. The molecule has 0 saturated heterocycles. The van der Waals surface area contributed by atoms with Crippen LogP contribution in [0.4, 0.5) is 5.69 Å². The third kappa shape index (κ3) is 4.06. The predicted octanol–water partition coefficient (Wildman–Crippen LogP) is 2.46. The molecule has 0 spiro atoms. The summed E-state index contributed by atoms with van der Waals surface area (Å²) < 4.78 is 5.11. The SMILES string of the molecule is COc1ccc(C/C(C)=N\Nc2cn[nH]c(=O)c2Cl)cc1. The number of hydrogen-bond donors (Lipinski definition) is 2. The zero-order chi connectivity index (χ0) is 15.2. The highest BCUT2D eigenvalue weighted by atomic mass is 35.5. The van der Waals surface area contributed by atoms with Crippen molar-refractivity contribution in [1.29, 1.82) is 0 Å². The van der Waals surface area contributed by atoms with Crippen LogP contribution in [0, 0.1) is 0 Å².